The molecule has 1 aliphatic heterocycles. The molecular weight excluding hydrogens is 435 g/mol. The van der Waals surface area contributed by atoms with Gasteiger partial charge in [-0.05, 0) is 41.3 Å². The molecule has 6 heteroatoms. The summed E-state index contributed by atoms with van der Waals surface area (Å²) in [6.07, 6.45) is 0. The molecule has 3 aromatic carbocycles. The van der Waals surface area contributed by atoms with Crippen LogP contribution in [0.2, 0.25) is 0 Å². The number of hydrogen-bond donors (Lipinski definition) is 1. The van der Waals surface area contributed by atoms with Gasteiger partial charge in [0.25, 0.3) is 5.91 Å². The summed E-state index contributed by atoms with van der Waals surface area (Å²) in [5, 5.41) is 3.06. The molecule has 1 heterocycles. The van der Waals surface area contributed by atoms with Crippen LogP contribution in [0.3, 0.4) is 0 Å². The molecule has 0 saturated carbocycles. The molecule has 1 aliphatic rings. The standard InChI is InChI=1S/C27H27FN2O2S/c1-18(2)27-30(26(32)21-13-15-22(28)16-14-21)23(17-33-27)25(31)29-24(19-9-5-3-6-10-19)20-11-7-4-8-12-20/h3-16,18,23-24,27H,17H2,1-2H3,(H,29,31). The normalized spacial score (nSPS) is 18.0. The second-order valence-corrected chi connectivity index (χ2v) is 9.62. The Hall–Kier alpha value is -3.12. The van der Waals surface area contributed by atoms with Crippen molar-refractivity contribution < 1.29 is 14.0 Å². The maximum Gasteiger partial charge on any atom is 0.255 e. The smallest absolute Gasteiger partial charge is 0.255 e. The summed E-state index contributed by atoms with van der Waals surface area (Å²) < 4.78 is 13.4. The van der Waals surface area contributed by atoms with Gasteiger partial charge in [-0.25, -0.2) is 4.39 Å². The van der Waals surface area contributed by atoms with Crippen molar-refractivity contribution in [3.05, 3.63) is 107 Å². The van der Waals surface area contributed by atoms with Gasteiger partial charge in [0.15, 0.2) is 0 Å². The molecule has 1 N–H and O–H groups in total. The van der Waals surface area contributed by atoms with E-state index in [1.165, 1.54) is 24.3 Å². The summed E-state index contributed by atoms with van der Waals surface area (Å²) in [5.74, 6) is -0.173. The molecule has 170 valence electrons. The second-order valence-electron chi connectivity index (χ2n) is 8.47. The molecule has 4 nitrogen and oxygen atoms in total. The highest BCUT2D eigenvalue weighted by molar-refractivity contribution is 8.00. The van der Waals surface area contributed by atoms with Crippen molar-refractivity contribution in [1.82, 2.24) is 10.2 Å². The molecule has 1 saturated heterocycles. The number of benzene rings is 3. The average molecular weight is 463 g/mol. The molecule has 4 rings (SSSR count). The number of nitrogens with one attached hydrogen (secondary N) is 1. The number of nitrogens with zero attached hydrogens (tertiary/aromatic N) is 1. The van der Waals surface area contributed by atoms with Crippen molar-refractivity contribution in [3.8, 4) is 0 Å². The maximum absolute atomic E-state index is 13.6. The highest BCUT2D eigenvalue weighted by Crippen LogP contribution is 2.36. The molecule has 1 fully saturated rings. The van der Waals surface area contributed by atoms with Crippen molar-refractivity contribution in [2.45, 2.75) is 31.3 Å². The van der Waals surface area contributed by atoms with Crippen LogP contribution in [-0.4, -0.2) is 33.9 Å². The van der Waals surface area contributed by atoms with Crippen LogP contribution in [0.15, 0.2) is 84.9 Å². The number of amides is 2. The van der Waals surface area contributed by atoms with Crippen LogP contribution in [0, 0.1) is 11.7 Å². The van der Waals surface area contributed by atoms with Gasteiger partial charge in [0.2, 0.25) is 5.91 Å². The molecule has 2 unspecified atom stereocenters. The van der Waals surface area contributed by atoms with E-state index < -0.39 is 11.9 Å². The number of thioether (sulfide) groups is 1. The van der Waals surface area contributed by atoms with Crippen LogP contribution in [0.1, 0.15) is 41.4 Å². The summed E-state index contributed by atoms with van der Waals surface area (Å²) in [5.41, 5.74) is 2.32. The van der Waals surface area contributed by atoms with E-state index in [9.17, 15) is 14.0 Å². The Morgan fingerprint density at radius 3 is 1.97 bits per heavy atom. The van der Waals surface area contributed by atoms with Crippen LogP contribution in [0.5, 0.6) is 0 Å². The van der Waals surface area contributed by atoms with E-state index in [2.05, 4.69) is 5.32 Å². The summed E-state index contributed by atoms with van der Waals surface area (Å²) in [6, 6.07) is 24.2. The Labute approximate surface area is 198 Å². The van der Waals surface area contributed by atoms with Crippen LogP contribution < -0.4 is 5.32 Å². The number of carbonyl (C=O) groups is 2. The molecule has 0 bridgehead atoms. The lowest BCUT2D eigenvalue weighted by atomic mass is 9.98. The molecule has 0 aliphatic carbocycles. The van der Waals surface area contributed by atoms with E-state index in [1.54, 1.807) is 16.7 Å². The molecule has 3 aromatic rings. The van der Waals surface area contributed by atoms with Crippen LogP contribution in [-0.2, 0) is 4.79 Å². The average Bonchev–Trinajstić information content (AvgIpc) is 3.29. The first kappa shape index (κ1) is 23.1. The van der Waals surface area contributed by atoms with Gasteiger partial charge in [0.05, 0.1) is 11.4 Å². The zero-order chi connectivity index (χ0) is 23.4. The summed E-state index contributed by atoms with van der Waals surface area (Å²) in [6.45, 7) is 4.08. The first-order chi connectivity index (χ1) is 16.0. The highest BCUT2D eigenvalue weighted by Gasteiger charge is 2.43. The number of hydrogen-bond acceptors (Lipinski definition) is 3. The predicted octanol–water partition coefficient (Wildman–Crippen LogP) is 5.27. The zero-order valence-electron chi connectivity index (χ0n) is 18.6. The first-order valence-corrected chi connectivity index (χ1v) is 12.1. The van der Waals surface area contributed by atoms with E-state index in [0.29, 0.717) is 11.3 Å². The third-order valence-electron chi connectivity index (χ3n) is 5.79. The minimum Gasteiger partial charge on any atom is -0.343 e. The quantitative estimate of drug-likeness (QED) is 0.543. The minimum absolute atomic E-state index is 0.134. The van der Waals surface area contributed by atoms with Crippen LogP contribution in [0.4, 0.5) is 4.39 Å². The monoisotopic (exact) mass is 462 g/mol. The predicted molar refractivity (Wildman–Crippen MR) is 130 cm³/mol. The molecule has 0 aromatic heterocycles. The van der Waals surface area contributed by atoms with E-state index in [1.807, 2.05) is 74.5 Å². The highest BCUT2D eigenvalue weighted by atomic mass is 32.2. The van der Waals surface area contributed by atoms with Crippen molar-refractivity contribution in [1.29, 1.82) is 0 Å². The van der Waals surface area contributed by atoms with Crippen LogP contribution in [0.25, 0.3) is 0 Å². The Morgan fingerprint density at radius 1 is 0.909 bits per heavy atom. The Balaban J connectivity index is 1.63. The van der Waals surface area contributed by atoms with E-state index in [4.69, 9.17) is 0 Å². The fourth-order valence-electron chi connectivity index (χ4n) is 4.13. The third kappa shape index (κ3) is 5.11. The SMILES string of the molecule is CC(C)C1SCC(C(=O)NC(c2ccccc2)c2ccccc2)N1C(=O)c1ccc(F)cc1. The lowest BCUT2D eigenvalue weighted by Crippen LogP contribution is -2.51. The lowest BCUT2D eigenvalue weighted by molar-refractivity contribution is -0.125. The Kier molecular flexibility index (Phi) is 7.14. The second kappa shape index (κ2) is 10.2. The number of rotatable bonds is 6. The fraction of sp³-hybridized carbons (Fsp3) is 0.259. The van der Waals surface area contributed by atoms with Crippen molar-refractivity contribution in [2.75, 3.05) is 5.75 Å². The van der Waals surface area contributed by atoms with Gasteiger partial charge in [0.1, 0.15) is 11.9 Å². The first-order valence-electron chi connectivity index (χ1n) is 11.1. The molecule has 2 atom stereocenters. The molecule has 0 radical (unpaired) electrons. The molecule has 33 heavy (non-hydrogen) atoms. The van der Waals surface area contributed by atoms with Gasteiger partial charge >= 0.3 is 0 Å². The van der Waals surface area contributed by atoms with E-state index in [0.717, 1.165) is 11.1 Å². The van der Waals surface area contributed by atoms with Gasteiger partial charge in [-0.15, -0.1) is 11.8 Å². The minimum atomic E-state index is -0.616. The van der Waals surface area contributed by atoms with Crippen molar-refractivity contribution >= 4 is 23.6 Å². The fourth-order valence-corrected chi connectivity index (χ4v) is 5.61. The van der Waals surface area contributed by atoms with Gasteiger partial charge in [-0.1, -0.05) is 74.5 Å². The van der Waals surface area contributed by atoms with Gasteiger partial charge in [0, 0.05) is 11.3 Å². The lowest BCUT2D eigenvalue weighted by Gasteiger charge is -2.32. The third-order valence-corrected chi connectivity index (χ3v) is 7.41. The van der Waals surface area contributed by atoms with Crippen LogP contribution >= 0.6 is 11.8 Å². The van der Waals surface area contributed by atoms with Crippen molar-refractivity contribution in [3.63, 3.8) is 0 Å². The zero-order valence-corrected chi connectivity index (χ0v) is 19.5. The maximum atomic E-state index is 13.6. The topological polar surface area (TPSA) is 49.4 Å². The van der Waals surface area contributed by atoms with E-state index in [-0.39, 0.29) is 29.1 Å². The van der Waals surface area contributed by atoms with Gasteiger partial charge < -0.3 is 10.2 Å². The largest absolute Gasteiger partial charge is 0.343 e. The Bertz CT molecular complexity index is 1050. The van der Waals surface area contributed by atoms with E-state index >= 15 is 0 Å². The molecule has 0 spiro atoms. The summed E-state index contributed by atoms with van der Waals surface area (Å²) in [4.78, 5) is 28.7. The summed E-state index contributed by atoms with van der Waals surface area (Å²) >= 11 is 1.61. The number of halogens is 1. The summed E-state index contributed by atoms with van der Waals surface area (Å²) in [7, 11) is 0. The molecule has 2 amide bonds. The number of carbonyl (C=O) groups excluding carboxylic acids is 2. The van der Waals surface area contributed by atoms with Crippen molar-refractivity contribution in [2.24, 2.45) is 5.92 Å². The van der Waals surface area contributed by atoms with Gasteiger partial charge in [-0.3, -0.25) is 9.59 Å². The van der Waals surface area contributed by atoms with Gasteiger partial charge in [-0.2, -0.15) is 0 Å². The molecular formula is C27H27FN2O2S. The Morgan fingerprint density at radius 2 is 1.45 bits per heavy atom.